The van der Waals surface area contributed by atoms with E-state index in [0.717, 1.165) is 55.0 Å². The van der Waals surface area contributed by atoms with Crippen LogP contribution in [0.1, 0.15) is 13.8 Å². The van der Waals surface area contributed by atoms with E-state index in [4.69, 9.17) is 58.6 Å². The number of rotatable bonds is 5. The van der Waals surface area contributed by atoms with Gasteiger partial charge < -0.3 is 8.98 Å². The number of benzene rings is 7. The Morgan fingerprint density at radius 2 is 0.965 bits per heavy atom. The molecule has 10 heteroatoms. The highest BCUT2D eigenvalue weighted by Gasteiger charge is 2.23. The lowest BCUT2D eigenvalue weighted by atomic mass is 9.60. The van der Waals surface area contributed by atoms with Crippen molar-refractivity contribution in [1.82, 2.24) is 19.5 Å². The Balaban J connectivity index is 0.00000208. The second-order valence-electron chi connectivity index (χ2n) is 13.5. The van der Waals surface area contributed by atoms with Crippen molar-refractivity contribution in [3.05, 3.63) is 140 Å². The average molecular weight is 720 g/mol. The van der Waals surface area contributed by atoms with E-state index in [1.165, 1.54) is 5.56 Å². The molecular formula is C47H29B5N4O. The molecule has 10 rings (SSSR count). The third kappa shape index (κ3) is 5.90. The van der Waals surface area contributed by atoms with Crippen molar-refractivity contribution in [2.45, 2.75) is 13.8 Å². The molecular weight excluding hydrogens is 691 g/mol. The molecule has 0 saturated carbocycles. The summed E-state index contributed by atoms with van der Waals surface area (Å²) in [6.45, 7) is 4.00. The van der Waals surface area contributed by atoms with Gasteiger partial charge in [-0.2, -0.15) is 0 Å². The van der Waals surface area contributed by atoms with Gasteiger partial charge in [0.05, 0.1) is 22.3 Å². The lowest BCUT2D eigenvalue weighted by molar-refractivity contribution is 0.667. The molecule has 0 amide bonds. The highest BCUT2D eigenvalue weighted by Crippen LogP contribution is 2.41. The van der Waals surface area contributed by atoms with Gasteiger partial charge in [-0.1, -0.05) is 134 Å². The second-order valence-corrected chi connectivity index (χ2v) is 13.5. The van der Waals surface area contributed by atoms with Gasteiger partial charge in [0.1, 0.15) is 44.8 Å². The summed E-state index contributed by atoms with van der Waals surface area (Å²) >= 11 is 0. The van der Waals surface area contributed by atoms with Gasteiger partial charge in [0.2, 0.25) is 0 Å². The first-order valence-electron chi connectivity index (χ1n) is 18.7. The van der Waals surface area contributed by atoms with Crippen LogP contribution < -0.4 is 27.3 Å². The summed E-state index contributed by atoms with van der Waals surface area (Å²) < 4.78 is 9.23. The number of hydrogen-bond acceptors (Lipinski definition) is 4. The van der Waals surface area contributed by atoms with Crippen molar-refractivity contribution in [3.63, 3.8) is 0 Å². The van der Waals surface area contributed by atoms with Crippen LogP contribution >= 0.6 is 0 Å². The van der Waals surface area contributed by atoms with Gasteiger partial charge in [0, 0.05) is 32.7 Å². The van der Waals surface area contributed by atoms with Crippen LogP contribution in [0.25, 0.3) is 94.7 Å². The molecule has 10 aromatic rings. The molecule has 0 N–H and O–H groups in total. The lowest BCUT2D eigenvalue weighted by Crippen LogP contribution is -2.55. The van der Waals surface area contributed by atoms with Crippen LogP contribution in [-0.4, -0.2) is 58.8 Å². The van der Waals surface area contributed by atoms with Crippen molar-refractivity contribution in [2.75, 3.05) is 0 Å². The Morgan fingerprint density at radius 3 is 1.68 bits per heavy atom. The number of hydrogen-bond donors (Lipinski definition) is 0. The van der Waals surface area contributed by atoms with E-state index in [9.17, 15) is 0 Å². The molecule has 0 bridgehead atoms. The Bertz CT molecular complexity index is 3130. The van der Waals surface area contributed by atoms with Crippen molar-refractivity contribution in [2.24, 2.45) is 0 Å². The van der Waals surface area contributed by atoms with E-state index in [0.29, 0.717) is 22.8 Å². The van der Waals surface area contributed by atoms with Crippen molar-refractivity contribution >= 4 is 110 Å². The summed E-state index contributed by atoms with van der Waals surface area (Å²) in [7, 11) is 31.8. The van der Waals surface area contributed by atoms with Crippen molar-refractivity contribution in [1.29, 1.82) is 0 Å². The average Bonchev–Trinajstić information content (AvgIpc) is 3.82. The smallest absolute Gasteiger partial charge is 0.167 e. The molecule has 258 valence electrons. The number of fused-ring (bicyclic) bond motifs is 6. The number of para-hydroxylation sites is 3. The van der Waals surface area contributed by atoms with Crippen LogP contribution in [0.2, 0.25) is 0 Å². The molecule has 0 aliphatic carbocycles. The highest BCUT2D eigenvalue weighted by molar-refractivity contribution is 6.68. The molecule has 0 aliphatic rings. The van der Waals surface area contributed by atoms with Gasteiger partial charge in [0.25, 0.3) is 0 Å². The van der Waals surface area contributed by atoms with E-state index >= 15 is 0 Å². The summed E-state index contributed by atoms with van der Waals surface area (Å²) in [6.07, 6.45) is 0. The zero-order valence-electron chi connectivity index (χ0n) is 31.4. The van der Waals surface area contributed by atoms with Gasteiger partial charge in [-0.15, -0.1) is 16.4 Å². The third-order valence-corrected chi connectivity index (χ3v) is 10.4. The van der Waals surface area contributed by atoms with E-state index in [1.54, 1.807) is 0 Å². The van der Waals surface area contributed by atoms with Gasteiger partial charge in [-0.25, -0.2) is 15.0 Å². The fraction of sp³-hybridized carbons (Fsp3) is 0.0426. The van der Waals surface area contributed by atoms with E-state index in [1.807, 2.05) is 68.4 Å². The van der Waals surface area contributed by atoms with Crippen LogP contribution in [-0.2, 0) is 0 Å². The topological polar surface area (TPSA) is 56.7 Å². The lowest BCUT2D eigenvalue weighted by Gasteiger charge is -2.20. The Morgan fingerprint density at radius 1 is 0.421 bits per heavy atom. The van der Waals surface area contributed by atoms with E-state index < -0.39 is 0 Å². The fourth-order valence-electron chi connectivity index (χ4n) is 7.62. The maximum absolute atomic E-state index is 6.95. The quantitative estimate of drug-likeness (QED) is 0.190. The standard InChI is InChI=1S/C45H23B5N4O.C2H6/c46-36-35(37(47)39(49)40(50)38(36)48)45-52-43(25-13-5-2-6-14-25)51-44(53-45)30-18-9-16-28-29-17-10-20-34(42(29)55-41(28)30)54-32-19-8-7-15-27(32)31-23-26(21-22-33(31)54)24-11-3-1-4-12-24;1-2/h1-23H;1-2H3. The number of aromatic nitrogens is 4. The third-order valence-electron chi connectivity index (χ3n) is 10.4. The van der Waals surface area contributed by atoms with Gasteiger partial charge >= 0.3 is 0 Å². The van der Waals surface area contributed by atoms with Crippen LogP contribution in [0.15, 0.2) is 144 Å². The zero-order chi connectivity index (χ0) is 39.4. The molecule has 0 unspecified atom stereocenters. The predicted octanol–water partition coefficient (Wildman–Crippen LogP) is 6.53. The Hall–Kier alpha value is -6.53. The summed E-state index contributed by atoms with van der Waals surface area (Å²) in [5.74, 6) is 0.960. The number of nitrogens with zero attached hydrogens (tertiary/aromatic N) is 4. The molecule has 5 nitrogen and oxygen atoms in total. The predicted molar refractivity (Wildman–Crippen MR) is 241 cm³/mol. The first-order chi connectivity index (χ1) is 27.9. The van der Waals surface area contributed by atoms with Crippen LogP contribution in [0, 0.1) is 0 Å². The fourth-order valence-corrected chi connectivity index (χ4v) is 7.62. The molecule has 57 heavy (non-hydrogen) atoms. The maximum Gasteiger partial charge on any atom is 0.167 e. The molecule has 3 aromatic heterocycles. The van der Waals surface area contributed by atoms with Crippen LogP contribution in [0.3, 0.4) is 0 Å². The van der Waals surface area contributed by atoms with E-state index in [-0.39, 0.29) is 38.7 Å². The minimum absolute atomic E-state index is 0.109. The number of furan rings is 1. The summed E-state index contributed by atoms with van der Waals surface area (Å²) in [6, 6.07) is 47.3. The molecule has 0 fully saturated rings. The maximum atomic E-state index is 6.95. The van der Waals surface area contributed by atoms with Gasteiger partial charge in [-0.05, 0) is 41.5 Å². The molecule has 0 saturated heterocycles. The molecule has 10 radical (unpaired) electrons. The Labute approximate surface area is 337 Å². The van der Waals surface area contributed by atoms with Gasteiger partial charge in [0.15, 0.2) is 23.1 Å². The Kier molecular flexibility index (Phi) is 9.21. The SMILES string of the molecule is CC.[B]c1c([B])c([B])c(-c2nc(-c3ccccc3)nc(-c3cccc4c3oc3c(-n5c6ccccc6c6cc(-c7ccccc7)ccc65)cccc34)n2)c([B])c1[B]. The molecule has 0 spiro atoms. The normalized spacial score (nSPS) is 11.3. The summed E-state index contributed by atoms with van der Waals surface area (Å²) in [5.41, 5.74) is 9.02. The summed E-state index contributed by atoms with van der Waals surface area (Å²) in [4.78, 5) is 14.7. The monoisotopic (exact) mass is 720 g/mol. The zero-order valence-corrected chi connectivity index (χ0v) is 31.4. The summed E-state index contributed by atoms with van der Waals surface area (Å²) in [5, 5.41) is 4.16. The largest absolute Gasteiger partial charge is 0.453 e. The van der Waals surface area contributed by atoms with Crippen LogP contribution in [0.4, 0.5) is 0 Å². The van der Waals surface area contributed by atoms with E-state index in [2.05, 4.69) is 89.5 Å². The molecule has 0 atom stereocenters. The first-order valence-corrected chi connectivity index (χ1v) is 18.7. The molecule has 3 heterocycles. The molecule has 0 aliphatic heterocycles. The van der Waals surface area contributed by atoms with Crippen LogP contribution in [0.5, 0.6) is 0 Å². The van der Waals surface area contributed by atoms with Crippen molar-refractivity contribution < 1.29 is 4.42 Å². The minimum atomic E-state index is 0.109. The second kappa shape index (κ2) is 14.5. The molecule has 7 aromatic carbocycles. The van der Waals surface area contributed by atoms with Gasteiger partial charge in [-0.3, -0.25) is 0 Å². The highest BCUT2D eigenvalue weighted by atomic mass is 16.3. The first kappa shape index (κ1) is 36.1. The van der Waals surface area contributed by atoms with Crippen molar-refractivity contribution in [3.8, 4) is 51.0 Å². The minimum Gasteiger partial charge on any atom is -0.453 e.